The molecule has 0 aliphatic rings. The van der Waals surface area contributed by atoms with Crippen LogP contribution in [0.2, 0.25) is 0 Å². The van der Waals surface area contributed by atoms with Crippen molar-refractivity contribution in [1.82, 2.24) is 0 Å². The lowest BCUT2D eigenvalue weighted by Crippen LogP contribution is -2.43. The van der Waals surface area contributed by atoms with Gasteiger partial charge in [-0.2, -0.15) is 13.2 Å². The van der Waals surface area contributed by atoms with Crippen LogP contribution in [-0.4, -0.2) is 17.1 Å². The van der Waals surface area contributed by atoms with E-state index in [4.69, 9.17) is 0 Å². The third-order valence-corrected chi connectivity index (χ3v) is 4.25. The summed E-state index contributed by atoms with van der Waals surface area (Å²) in [5, 5.41) is 10.3. The van der Waals surface area contributed by atoms with Crippen LogP contribution in [0.15, 0.2) is 60.7 Å². The van der Waals surface area contributed by atoms with Gasteiger partial charge in [0.1, 0.15) is 5.92 Å². The maximum atomic E-state index is 13.6. The maximum absolute atomic E-state index is 13.6. The summed E-state index contributed by atoms with van der Waals surface area (Å²) in [5.41, 5.74) is -0.415. The van der Waals surface area contributed by atoms with Crippen LogP contribution in [0.1, 0.15) is 31.1 Å². The zero-order chi connectivity index (χ0) is 18.7. The highest BCUT2D eigenvalue weighted by molar-refractivity contribution is 5.88. The highest BCUT2D eigenvalue weighted by atomic mass is 19.4. The Labute approximate surface area is 145 Å². The average Bonchev–Trinajstić information content (AvgIpc) is 2.55. The first kappa shape index (κ1) is 19.2. The van der Waals surface area contributed by atoms with Gasteiger partial charge >= 0.3 is 6.18 Å². The van der Waals surface area contributed by atoms with Crippen LogP contribution < -0.4 is 0 Å². The third kappa shape index (κ3) is 4.69. The van der Waals surface area contributed by atoms with Gasteiger partial charge in [-0.25, -0.2) is 0 Å². The van der Waals surface area contributed by atoms with Crippen molar-refractivity contribution in [3.05, 3.63) is 71.8 Å². The topological polar surface area (TPSA) is 37.3 Å². The number of aliphatic hydroxyl groups excluding tert-OH is 1. The van der Waals surface area contributed by atoms with Gasteiger partial charge in [0.05, 0.1) is 6.10 Å². The lowest BCUT2D eigenvalue weighted by atomic mass is 9.74. The SMILES string of the molecule is CC(C)(Cc1ccccc1)C(=O)[C@H]([C@@H](O)c1ccccc1)C(F)(F)F. The summed E-state index contributed by atoms with van der Waals surface area (Å²) in [6.45, 7) is 2.97. The van der Waals surface area contributed by atoms with Crippen LogP contribution in [0.4, 0.5) is 13.2 Å². The Morgan fingerprint density at radius 3 is 1.92 bits per heavy atom. The van der Waals surface area contributed by atoms with Crippen LogP contribution in [-0.2, 0) is 11.2 Å². The van der Waals surface area contributed by atoms with E-state index in [1.807, 2.05) is 0 Å². The van der Waals surface area contributed by atoms with E-state index in [1.54, 1.807) is 36.4 Å². The molecule has 2 aromatic carbocycles. The fourth-order valence-electron chi connectivity index (χ4n) is 2.93. The average molecular weight is 350 g/mol. The molecule has 0 saturated heterocycles. The Bertz CT molecular complexity index is 694. The zero-order valence-corrected chi connectivity index (χ0v) is 14.1. The predicted molar refractivity (Wildman–Crippen MR) is 89.9 cm³/mol. The van der Waals surface area contributed by atoms with E-state index < -0.39 is 29.4 Å². The molecule has 0 saturated carbocycles. The molecular weight excluding hydrogens is 329 g/mol. The van der Waals surface area contributed by atoms with Crippen LogP contribution in [0.25, 0.3) is 0 Å². The van der Waals surface area contributed by atoms with E-state index in [2.05, 4.69) is 0 Å². The van der Waals surface area contributed by atoms with Gasteiger partial charge in [-0.1, -0.05) is 74.5 Å². The van der Waals surface area contributed by atoms with Gasteiger partial charge in [0.15, 0.2) is 5.78 Å². The van der Waals surface area contributed by atoms with E-state index in [0.717, 1.165) is 5.56 Å². The van der Waals surface area contributed by atoms with Crippen molar-refractivity contribution in [2.75, 3.05) is 0 Å². The maximum Gasteiger partial charge on any atom is 0.401 e. The summed E-state index contributed by atoms with van der Waals surface area (Å²) in [5.74, 6) is -3.48. The number of aliphatic hydroxyl groups is 1. The number of Topliss-reactive ketones (excluding diaryl/α,β-unsaturated/α-hetero) is 1. The Kier molecular flexibility index (Phi) is 5.68. The standard InChI is InChI=1S/C20H21F3O2/c1-19(2,13-14-9-5-3-6-10-14)18(25)16(20(21,22)23)17(24)15-11-7-4-8-12-15/h3-12,16-17,24H,13H2,1-2H3/t16-,17-/m0/s1. The third-order valence-electron chi connectivity index (χ3n) is 4.25. The second-order valence-electron chi connectivity index (χ2n) is 6.79. The molecule has 0 amide bonds. The first-order valence-electron chi connectivity index (χ1n) is 8.01. The lowest BCUT2D eigenvalue weighted by molar-refractivity contribution is -0.206. The molecule has 0 unspecified atom stereocenters. The van der Waals surface area contributed by atoms with Crippen molar-refractivity contribution in [3.63, 3.8) is 0 Å². The molecule has 0 radical (unpaired) electrons. The normalized spacial score (nSPS) is 14.8. The molecule has 0 fully saturated rings. The number of hydrogen-bond acceptors (Lipinski definition) is 2. The van der Waals surface area contributed by atoms with E-state index >= 15 is 0 Å². The largest absolute Gasteiger partial charge is 0.401 e. The second-order valence-corrected chi connectivity index (χ2v) is 6.79. The Balaban J connectivity index is 2.32. The van der Waals surface area contributed by atoms with Crippen molar-refractivity contribution in [2.24, 2.45) is 11.3 Å². The molecule has 0 aliphatic carbocycles. The number of halogens is 3. The minimum absolute atomic E-state index is 0.0775. The molecule has 5 heteroatoms. The van der Waals surface area contributed by atoms with Crippen LogP contribution in [0.3, 0.4) is 0 Å². The monoisotopic (exact) mass is 350 g/mol. The minimum Gasteiger partial charge on any atom is -0.387 e. The Morgan fingerprint density at radius 1 is 0.960 bits per heavy atom. The van der Waals surface area contributed by atoms with Gasteiger partial charge in [-0.05, 0) is 17.5 Å². The molecule has 2 aromatic rings. The molecule has 0 aliphatic heterocycles. The van der Waals surface area contributed by atoms with Gasteiger partial charge in [-0.15, -0.1) is 0 Å². The van der Waals surface area contributed by atoms with Crippen LogP contribution in [0.5, 0.6) is 0 Å². The quantitative estimate of drug-likeness (QED) is 0.817. The molecule has 1 N–H and O–H groups in total. The van der Waals surface area contributed by atoms with Crippen molar-refractivity contribution < 1.29 is 23.1 Å². The Morgan fingerprint density at radius 2 is 1.44 bits per heavy atom. The Hall–Kier alpha value is -2.14. The number of ketones is 1. The fourth-order valence-corrected chi connectivity index (χ4v) is 2.93. The zero-order valence-electron chi connectivity index (χ0n) is 14.1. The molecule has 0 spiro atoms. The highest BCUT2D eigenvalue weighted by Crippen LogP contribution is 2.41. The summed E-state index contributed by atoms with van der Waals surface area (Å²) >= 11 is 0. The van der Waals surface area contributed by atoms with Gasteiger partial charge in [0.25, 0.3) is 0 Å². The van der Waals surface area contributed by atoms with Crippen molar-refractivity contribution >= 4 is 5.78 Å². The number of hydrogen-bond donors (Lipinski definition) is 1. The summed E-state index contributed by atoms with van der Waals surface area (Å²) < 4.78 is 40.8. The molecule has 0 aromatic heterocycles. The molecule has 2 nitrogen and oxygen atoms in total. The smallest absolute Gasteiger partial charge is 0.387 e. The second kappa shape index (κ2) is 7.40. The van der Waals surface area contributed by atoms with E-state index in [9.17, 15) is 23.1 Å². The molecular formula is C20H21F3O2. The van der Waals surface area contributed by atoms with Crippen molar-refractivity contribution in [1.29, 1.82) is 0 Å². The van der Waals surface area contributed by atoms with Crippen molar-refractivity contribution in [3.8, 4) is 0 Å². The van der Waals surface area contributed by atoms with Gasteiger partial charge in [-0.3, -0.25) is 4.79 Å². The predicted octanol–water partition coefficient (Wildman–Crippen LogP) is 4.74. The molecule has 134 valence electrons. The highest BCUT2D eigenvalue weighted by Gasteiger charge is 2.53. The van der Waals surface area contributed by atoms with Crippen LogP contribution >= 0.6 is 0 Å². The van der Waals surface area contributed by atoms with Crippen LogP contribution in [0, 0.1) is 11.3 Å². The number of rotatable bonds is 6. The minimum atomic E-state index is -4.83. The number of carbonyl (C=O) groups excluding carboxylic acids is 1. The van der Waals surface area contributed by atoms with E-state index in [0.29, 0.717) is 0 Å². The van der Waals surface area contributed by atoms with Crippen molar-refractivity contribution in [2.45, 2.75) is 32.5 Å². The summed E-state index contributed by atoms with van der Waals surface area (Å²) in [7, 11) is 0. The van der Waals surface area contributed by atoms with E-state index in [-0.39, 0.29) is 12.0 Å². The number of alkyl halides is 3. The summed E-state index contributed by atoms with van der Waals surface area (Å²) in [6, 6.07) is 16.4. The van der Waals surface area contributed by atoms with Gasteiger partial charge in [0, 0.05) is 5.41 Å². The van der Waals surface area contributed by atoms with E-state index in [1.165, 1.54) is 38.1 Å². The number of carbonyl (C=O) groups is 1. The van der Waals surface area contributed by atoms with Gasteiger partial charge < -0.3 is 5.11 Å². The fraction of sp³-hybridized carbons (Fsp3) is 0.350. The molecule has 0 bridgehead atoms. The summed E-state index contributed by atoms with van der Waals surface area (Å²) in [4.78, 5) is 12.8. The molecule has 25 heavy (non-hydrogen) atoms. The molecule has 2 rings (SSSR count). The first-order valence-corrected chi connectivity index (χ1v) is 8.01. The summed E-state index contributed by atoms with van der Waals surface area (Å²) in [6.07, 6.45) is -6.59. The first-order chi connectivity index (χ1) is 11.6. The van der Waals surface area contributed by atoms with Gasteiger partial charge in [0.2, 0.25) is 0 Å². The number of benzene rings is 2. The molecule has 2 atom stereocenters. The molecule has 0 heterocycles. The lowest BCUT2D eigenvalue weighted by Gasteiger charge is -2.32.